The number of carbonyl (C=O) groups is 1. The van der Waals surface area contributed by atoms with E-state index >= 15 is 0 Å². The maximum Gasteiger partial charge on any atom is 0.251 e. The van der Waals surface area contributed by atoms with Crippen LogP contribution in [0.15, 0.2) is 73.1 Å². The third-order valence-corrected chi connectivity index (χ3v) is 4.99. The van der Waals surface area contributed by atoms with Gasteiger partial charge in [-0.05, 0) is 73.4 Å². The van der Waals surface area contributed by atoms with Crippen LogP contribution in [-0.2, 0) is 5.54 Å². The first-order valence-electron chi connectivity index (χ1n) is 8.48. The number of amides is 1. The average Bonchev–Trinajstić information content (AvgIpc) is 3.14. The molecule has 1 saturated carbocycles. The zero-order valence-electron chi connectivity index (χ0n) is 13.8. The van der Waals surface area contributed by atoms with Gasteiger partial charge in [0.25, 0.3) is 5.91 Å². The fraction of sp³-hybridized carbons (Fsp3) is 0.190. The molecule has 126 valence electrons. The predicted molar refractivity (Wildman–Crippen MR) is 95.2 cm³/mol. The smallest absolute Gasteiger partial charge is 0.251 e. The molecule has 0 unspecified atom stereocenters. The minimum atomic E-state index is -0.371. The molecule has 1 N–H and O–H groups in total. The van der Waals surface area contributed by atoms with Crippen LogP contribution in [0, 0.1) is 5.82 Å². The summed E-state index contributed by atoms with van der Waals surface area (Å²) in [4.78, 5) is 12.7. The Morgan fingerprint density at radius 3 is 2.16 bits per heavy atom. The Hall–Kier alpha value is -2.88. The third kappa shape index (κ3) is 2.95. The second kappa shape index (κ2) is 6.20. The number of hydrogen-bond donors (Lipinski definition) is 1. The van der Waals surface area contributed by atoms with Crippen LogP contribution in [0.5, 0.6) is 0 Å². The summed E-state index contributed by atoms with van der Waals surface area (Å²) in [5.41, 5.74) is 2.24. The molecule has 0 atom stereocenters. The summed E-state index contributed by atoms with van der Waals surface area (Å²) < 4.78 is 15.2. The van der Waals surface area contributed by atoms with Gasteiger partial charge in [0.15, 0.2) is 0 Å². The zero-order valence-corrected chi connectivity index (χ0v) is 13.8. The van der Waals surface area contributed by atoms with Crippen molar-refractivity contribution in [1.82, 2.24) is 9.88 Å². The van der Waals surface area contributed by atoms with Crippen LogP contribution in [0.1, 0.15) is 35.2 Å². The minimum Gasteiger partial charge on any atom is -0.343 e. The van der Waals surface area contributed by atoms with Crippen LogP contribution in [0.2, 0.25) is 0 Å². The molecule has 1 fully saturated rings. The number of nitrogens with zero attached hydrogens (tertiary/aromatic N) is 1. The SMILES string of the molecule is O=C(NC1(c2ccc(F)cc2)CCC1)c1ccc(-n2cccc2)cc1. The van der Waals surface area contributed by atoms with E-state index in [9.17, 15) is 9.18 Å². The summed E-state index contributed by atoms with van der Waals surface area (Å²) in [6.45, 7) is 0. The molecular formula is C21H19FN2O. The number of nitrogens with one attached hydrogen (secondary N) is 1. The number of benzene rings is 2. The lowest BCUT2D eigenvalue weighted by Crippen LogP contribution is -2.50. The summed E-state index contributed by atoms with van der Waals surface area (Å²) in [6.07, 6.45) is 6.75. The molecule has 1 aromatic heterocycles. The van der Waals surface area contributed by atoms with Crippen LogP contribution >= 0.6 is 0 Å². The van der Waals surface area contributed by atoms with Gasteiger partial charge in [0.2, 0.25) is 0 Å². The zero-order chi connectivity index (χ0) is 17.3. The normalized spacial score (nSPS) is 15.4. The third-order valence-electron chi connectivity index (χ3n) is 4.99. The van der Waals surface area contributed by atoms with Crippen molar-refractivity contribution >= 4 is 5.91 Å². The Kier molecular flexibility index (Phi) is 3.88. The van der Waals surface area contributed by atoms with E-state index in [1.54, 1.807) is 12.1 Å². The Morgan fingerprint density at radius 2 is 1.60 bits per heavy atom. The highest BCUT2D eigenvalue weighted by atomic mass is 19.1. The monoisotopic (exact) mass is 334 g/mol. The average molecular weight is 334 g/mol. The molecule has 1 aliphatic carbocycles. The van der Waals surface area contributed by atoms with Crippen molar-refractivity contribution in [3.63, 3.8) is 0 Å². The largest absolute Gasteiger partial charge is 0.343 e. The van der Waals surface area contributed by atoms with Crippen LogP contribution in [-0.4, -0.2) is 10.5 Å². The van der Waals surface area contributed by atoms with Gasteiger partial charge >= 0.3 is 0 Å². The van der Waals surface area contributed by atoms with E-state index in [1.165, 1.54) is 12.1 Å². The van der Waals surface area contributed by atoms with Crippen molar-refractivity contribution in [2.45, 2.75) is 24.8 Å². The molecule has 4 rings (SSSR count). The molecule has 4 heteroatoms. The van der Waals surface area contributed by atoms with Gasteiger partial charge in [0.05, 0.1) is 5.54 Å². The molecule has 1 aliphatic rings. The summed E-state index contributed by atoms with van der Waals surface area (Å²) in [5, 5.41) is 3.17. The highest BCUT2D eigenvalue weighted by Crippen LogP contribution is 2.41. The van der Waals surface area contributed by atoms with Crippen molar-refractivity contribution in [2.24, 2.45) is 0 Å². The Morgan fingerprint density at radius 1 is 0.960 bits per heavy atom. The summed E-state index contributed by atoms with van der Waals surface area (Å²) >= 11 is 0. The van der Waals surface area contributed by atoms with Gasteiger partial charge < -0.3 is 9.88 Å². The van der Waals surface area contributed by atoms with E-state index in [-0.39, 0.29) is 17.3 Å². The summed E-state index contributed by atoms with van der Waals surface area (Å²) in [6, 6.07) is 17.9. The lowest BCUT2D eigenvalue weighted by molar-refractivity contribution is 0.0823. The molecule has 0 aliphatic heterocycles. The summed E-state index contributed by atoms with van der Waals surface area (Å²) in [5.74, 6) is -0.353. The molecule has 3 aromatic rings. The molecule has 2 aromatic carbocycles. The second-order valence-electron chi connectivity index (χ2n) is 6.53. The highest BCUT2D eigenvalue weighted by molar-refractivity contribution is 5.95. The standard InChI is InChI=1S/C21H19FN2O/c22-18-8-6-17(7-9-18)21(12-3-13-21)23-20(25)16-4-10-19(11-5-16)24-14-1-2-15-24/h1-2,4-11,14-15H,3,12-13H2,(H,23,25). The van der Waals surface area contributed by atoms with E-state index in [0.29, 0.717) is 5.56 Å². The quantitative estimate of drug-likeness (QED) is 0.753. The second-order valence-corrected chi connectivity index (χ2v) is 6.53. The molecule has 0 spiro atoms. The van der Waals surface area contributed by atoms with Gasteiger partial charge in [0, 0.05) is 23.6 Å². The first-order valence-corrected chi connectivity index (χ1v) is 8.48. The first-order chi connectivity index (χ1) is 12.2. The van der Waals surface area contributed by atoms with E-state index in [4.69, 9.17) is 0 Å². The molecule has 25 heavy (non-hydrogen) atoms. The van der Waals surface area contributed by atoms with Crippen molar-refractivity contribution in [3.05, 3.63) is 90.0 Å². The van der Waals surface area contributed by atoms with Crippen molar-refractivity contribution in [3.8, 4) is 5.69 Å². The molecule has 0 bridgehead atoms. The van der Waals surface area contributed by atoms with E-state index < -0.39 is 0 Å². The van der Waals surface area contributed by atoms with Crippen LogP contribution < -0.4 is 5.32 Å². The maximum absolute atomic E-state index is 13.2. The van der Waals surface area contributed by atoms with Crippen LogP contribution in [0.4, 0.5) is 4.39 Å². The lowest BCUT2D eigenvalue weighted by Gasteiger charge is -2.43. The first kappa shape index (κ1) is 15.6. The number of rotatable bonds is 4. The number of halogens is 1. The fourth-order valence-corrected chi connectivity index (χ4v) is 3.37. The Labute approximate surface area is 146 Å². The lowest BCUT2D eigenvalue weighted by atomic mass is 9.71. The van der Waals surface area contributed by atoms with Crippen LogP contribution in [0.3, 0.4) is 0 Å². The predicted octanol–water partition coefficient (Wildman–Crippen LogP) is 4.43. The molecule has 1 amide bonds. The molecular weight excluding hydrogens is 315 g/mol. The van der Waals surface area contributed by atoms with Gasteiger partial charge in [-0.15, -0.1) is 0 Å². The van der Waals surface area contributed by atoms with E-state index in [2.05, 4.69) is 5.32 Å². The minimum absolute atomic E-state index is 0.0944. The maximum atomic E-state index is 13.2. The fourth-order valence-electron chi connectivity index (χ4n) is 3.37. The van der Waals surface area contributed by atoms with E-state index in [0.717, 1.165) is 30.5 Å². The molecule has 0 saturated heterocycles. The number of hydrogen-bond acceptors (Lipinski definition) is 1. The number of carbonyl (C=O) groups excluding carboxylic acids is 1. The van der Waals surface area contributed by atoms with Gasteiger partial charge in [-0.3, -0.25) is 4.79 Å². The molecule has 0 radical (unpaired) electrons. The van der Waals surface area contributed by atoms with Crippen molar-refractivity contribution in [2.75, 3.05) is 0 Å². The molecule has 1 heterocycles. The summed E-state index contributed by atoms with van der Waals surface area (Å²) in [7, 11) is 0. The van der Waals surface area contributed by atoms with Gasteiger partial charge in [0.1, 0.15) is 5.82 Å². The number of aromatic nitrogens is 1. The van der Waals surface area contributed by atoms with Gasteiger partial charge in [-0.1, -0.05) is 12.1 Å². The topological polar surface area (TPSA) is 34.0 Å². The highest BCUT2D eigenvalue weighted by Gasteiger charge is 2.40. The van der Waals surface area contributed by atoms with Crippen molar-refractivity contribution in [1.29, 1.82) is 0 Å². The van der Waals surface area contributed by atoms with E-state index in [1.807, 2.05) is 53.4 Å². The molecule has 3 nitrogen and oxygen atoms in total. The van der Waals surface area contributed by atoms with Crippen molar-refractivity contribution < 1.29 is 9.18 Å². The Balaban J connectivity index is 1.53. The van der Waals surface area contributed by atoms with Gasteiger partial charge in [-0.25, -0.2) is 4.39 Å². The van der Waals surface area contributed by atoms with Gasteiger partial charge in [-0.2, -0.15) is 0 Å². The van der Waals surface area contributed by atoms with Crippen LogP contribution in [0.25, 0.3) is 5.69 Å². The Bertz CT molecular complexity index is 863.